The zero-order valence-corrected chi connectivity index (χ0v) is 29.4. The lowest BCUT2D eigenvalue weighted by Gasteiger charge is -2.31. The van der Waals surface area contributed by atoms with Crippen LogP contribution < -0.4 is 9.80 Å². The van der Waals surface area contributed by atoms with Gasteiger partial charge in [-0.25, -0.2) is 9.59 Å². The molecule has 0 N–H and O–H groups in total. The lowest BCUT2D eigenvalue weighted by atomic mass is 9.83. The number of hydrogen-bond acceptors (Lipinski definition) is 6. The molecule has 0 aromatic heterocycles. The maximum absolute atomic E-state index is 13.5. The summed E-state index contributed by atoms with van der Waals surface area (Å²) in [5.41, 5.74) is 11.2. The number of anilines is 2. The first-order valence-corrected chi connectivity index (χ1v) is 16.6. The Balaban J connectivity index is 1.48. The first-order valence-electron chi connectivity index (χ1n) is 16.6. The van der Waals surface area contributed by atoms with Gasteiger partial charge in [-0.3, -0.25) is 0 Å². The maximum atomic E-state index is 13.5. The molecule has 0 spiro atoms. The van der Waals surface area contributed by atoms with Crippen molar-refractivity contribution in [2.75, 3.05) is 22.9 Å². The van der Waals surface area contributed by atoms with Gasteiger partial charge in [-0.15, -0.1) is 0 Å². The molecule has 3 aliphatic heterocycles. The van der Waals surface area contributed by atoms with Gasteiger partial charge in [0.05, 0.1) is 0 Å². The van der Waals surface area contributed by atoms with Crippen LogP contribution in [-0.2, 0) is 29.9 Å². The summed E-state index contributed by atoms with van der Waals surface area (Å²) in [6.45, 7) is 22.3. The van der Waals surface area contributed by atoms with Crippen LogP contribution in [0.1, 0.15) is 77.6 Å². The number of rotatable bonds is 4. The van der Waals surface area contributed by atoms with Crippen LogP contribution in [0.5, 0.6) is 0 Å². The van der Waals surface area contributed by atoms with Gasteiger partial charge in [-0.05, 0) is 74.3 Å². The Morgan fingerprint density at radius 3 is 1.40 bits per heavy atom. The summed E-state index contributed by atoms with van der Waals surface area (Å²) in [4.78, 5) is 31.6. The summed E-state index contributed by atoms with van der Waals surface area (Å²) in [6, 6.07) is 13.2. The third-order valence-electron chi connectivity index (χ3n) is 9.92. The topological polar surface area (TPSA) is 59.1 Å². The van der Waals surface area contributed by atoms with Gasteiger partial charge in [-0.1, -0.05) is 87.4 Å². The number of benzene rings is 2. The van der Waals surface area contributed by atoms with Gasteiger partial charge in [-0.2, -0.15) is 0 Å². The van der Waals surface area contributed by atoms with Crippen molar-refractivity contribution in [3.8, 4) is 0 Å². The minimum atomic E-state index is -1.33. The number of carbonyl (C=O) groups is 2. The Bertz CT molecular complexity index is 1760. The largest absolute Gasteiger partial charge is 0.419 e. The Morgan fingerprint density at radius 1 is 0.617 bits per heavy atom. The number of esters is 2. The van der Waals surface area contributed by atoms with E-state index in [4.69, 9.17) is 9.47 Å². The number of carbonyl (C=O) groups excluding carboxylic acids is 2. The van der Waals surface area contributed by atoms with E-state index < -0.39 is 17.7 Å². The number of aryl methyl sites for hydroxylation is 2. The van der Waals surface area contributed by atoms with Crippen LogP contribution in [0, 0.1) is 13.8 Å². The minimum absolute atomic E-state index is 0.0856. The van der Waals surface area contributed by atoms with Gasteiger partial charge in [0, 0.05) is 66.1 Å². The van der Waals surface area contributed by atoms with Crippen LogP contribution in [0.2, 0.25) is 0 Å². The fourth-order valence-corrected chi connectivity index (χ4v) is 7.53. The van der Waals surface area contributed by atoms with Crippen molar-refractivity contribution < 1.29 is 19.1 Å². The van der Waals surface area contributed by atoms with E-state index in [0.717, 1.165) is 35.6 Å². The van der Waals surface area contributed by atoms with Crippen LogP contribution in [0.4, 0.5) is 11.4 Å². The molecule has 6 rings (SSSR count). The number of fused-ring (bicyclic) bond motifs is 2. The van der Waals surface area contributed by atoms with Gasteiger partial charge in [0.25, 0.3) is 5.79 Å². The Morgan fingerprint density at radius 2 is 1.02 bits per heavy atom. The molecule has 1 saturated heterocycles. The molecule has 1 fully saturated rings. The molecule has 244 valence electrons. The van der Waals surface area contributed by atoms with Crippen molar-refractivity contribution in [2.24, 2.45) is 0 Å². The highest BCUT2D eigenvalue weighted by Crippen LogP contribution is 2.49. The molecule has 3 heterocycles. The number of hydrogen-bond donors (Lipinski definition) is 0. The molecule has 6 heteroatoms. The van der Waals surface area contributed by atoms with Crippen molar-refractivity contribution in [1.82, 2.24) is 0 Å². The fraction of sp³-hybridized carbons (Fsp3) is 0.366. The van der Waals surface area contributed by atoms with E-state index in [1.807, 2.05) is 24.3 Å². The highest BCUT2D eigenvalue weighted by atomic mass is 16.7. The van der Waals surface area contributed by atoms with Gasteiger partial charge in [0.1, 0.15) is 0 Å². The van der Waals surface area contributed by atoms with E-state index in [2.05, 4.69) is 114 Å². The van der Waals surface area contributed by atoms with Crippen molar-refractivity contribution in [3.63, 3.8) is 0 Å². The summed E-state index contributed by atoms with van der Waals surface area (Å²) in [7, 11) is 0. The summed E-state index contributed by atoms with van der Waals surface area (Å²) in [5, 5.41) is 0. The van der Waals surface area contributed by atoms with E-state index in [1.165, 1.54) is 33.6 Å². The third kappa shape index (κ3) is 5.28. The molecule has 47 heavy (non-hydrogen) atoms. The Kier molecular flexibility index (Phi) is 7.77. The average molecular weight is 631 g/mol. The van der Waals surface area contributed by atoms with Crippen molar-refractivity contribution in [2.45, 2.75) is 85.9 Å². The Hall–Kier alpha value is -4.58. The summed E-state index contributed by atoms with van der Waals surface area (Å²) >= 11 is 0. The molecule has 4 aliphatic rings. The molecule has 0 bridgehead atoms. The van der Waals surface area contributed by atoms with Crippen molar-refractivity contribution in [3.05, 3.63) is 129 Å². The number of allylic oxidation sites excluding steroid dienone is 11. The molecule has 0 amide bonds. The van der Waals surface area contributed by atoms with Crippen LogP contribution in [0.25, 0.3) is 0 Å². The molecule has 2 aromatic rings. The smallest absolute Gasteiger partial charge is 0.349 e. The highest BCUT2D eigenvalue weighted by Gasteiger charge is 2.43. The molecule has 2 aromatic carbocycles. The third-order valence-corrected chi connectivity index (χ3v) is 9.92. The van der Waals surface area contributed by atoms with E-state index >= 15 is 0 Å². The van der Waals surface area contributed by atoms with Gasteiger partial charge in [0.15, 0.2) is 5.57 Å². The van der Waals surface area contributed by atoms with Crippen molar-refractivity contribution in [1.29, 1.82) is 0 Å². The summed E-state index contributed by atoms with van der Waals surface area (Å²) in [6.07, 6.45) is 12.2. The molecule has 6 nitrogen and oxygen atoms in total. The average Bonchev–Trinajstić information content (AvgIpc) is 3.54. The molecule has 0 saturated carbocycles. The van der Waals surface area contributed by atoms with Crippen LogP contribution in [-0.4, -0.2) is 30.8 Å². The van der Waals surface area contributed by atoms with E-state index in [1.54, 1.807) is 13.8 Å². The second kappa shape index (κ2) is 11.3. The normalized spacial score (nSPS) is 24.1. The lowest BCUT2D eigenvalue weighted by molar-refractivity contribution is -0.222. The second-order valence-corrected chi connectivity index (χ2v) is 14.4. The molecular weight excluding hydrogens is 584 g/mol. The SMILES string of the molecule is CCN1C(=CC=C2C=C/C(=C\C=C3\N(CC)c4ccc(C)cc4C3(C)C)C2=C2C(=O)OC(C)(C)OC2=O)C(C)(C)c2cc(C)ccc21. The molecule has 0 atom stereocenters. The van der Waals surface area contributed by atoms with E-state index in [0.29, 0.717) is 5.57 Å². The standard InChI is InChI=1S/C41H46N2O4/c1-11-42-31-19-13-25(3)23-29(31)39(5,6)33(42)21-17-27-15-16-28(35(27)36-37(44)46-41(9,10)47-38(36)45)18-22-34-40(7,8)30-24-26(4)14-20-32(30)43(34)12-2/h13-24H,11-12H2,1-10H3/b27-17+,28-18?,33-21+,34-22?. The summed E-state index contributed by atoms with van der Waals surface area (Å²) in [5.74, 6) is -2.69. The predicted molar refractivity (Wildman–Crippen MR) is 189 cm³/mol. The Labute approximate surface area is 279 Å². The first kappa shape index (κ1) is 32.4. The number of nitrogens with zero attached hydrogens (tertiary/aromatic N) is 2. The number of cyclic esters (lactones) is 2. The van der Waals surface area contributed by atoms with Crippen molar-refractivity contribution >= 4 is 23.3 Å². The summed E-state index contributed by atoms with van der Waals surface area (Å²) < 4.78 is 11.2. The second-order valence-electron chi connectivity index (χ2n) is 14.4. The van der Waals surface area contributed by atoms with Crippen LogP contribution in [0.3, 0.4) is 0 Å². The molecular formula is C41H46N2O4. The predicted octanol–water partition coefficient (Wildman–Crippen LogP) is 8.56. The maximum Gasteiger partial charge on any atom is 0.349 e. The van der Waals surface area contributed by atoms with Gasteiger partial charge in [0.2, 0.25) is 0 Å². The molecule has 0 unspecified atom stereocenters. The van der Waals surface area contributed by atoms with Crippen LogP contribution in [0.15, 0.2) is 107 Å². The minimum Gasteiger partial charge on any atom is -0.419 e. The quantitative estimate of drug-likeness (QED) is 0.192. The lowest BCUT2D eigenvalue weighted by Crippen LogP contribution is -2.42. The van der Waals surface area contributed by atoms with Crippen LogP contribution >= 0.6 is 0 Å². The van der Waals surface area contributed by atoms with E-state index in [9.17, 15) is 9.59 Å². The number of ether oxygens (including phenoxy) is 2. The zero-order chi connectivity index (χ0) is 34.1. The van der Waals surface area contributed by atoms with Gasteiger partial charge < -0.3 is 19.3 Å². The van der Waals surface area contributed by atoms with E-state index in [-0.39, 0.29) is 16.4 Å². The highest BCUT2D eigenvalue weighted by molar-refractivity contribution is 6.17. The monoisotopic (exact) mass is 630 g/mol. The molecule has 0 radical (unpaired) electrons. The number of likely N-dealkylation sites (N-methyl/N-ethyl adjacent to an activating group) is 2. The fourth-order valence-electron chi connectivity index (χ4n) is 7.53. The zero-order valence-electron chi connectivity index (χ0n) is 29.4. The van der Waals surface area contributed by atoms with Gasteiger partial charge >= 0.3 is 11.9 Å². The molecule has 1 aliphatic carbocycles. The first-order chi connectivity index (χ1) is 22.1.